The Morgan fingerprint density at radius 3 is 2.45 bits per heavy atom. The summed E-state index contributed by atoms with van der Waals surface area (Å²) in [4.78, 5) is 25.1. The van der Waals surface area contributed by atoms with Crippen molar-refractivity contribution in [2.75, 3.05) is 11.3 Å². The fraction of sp³-hybridized carbons (Fsp3) is 0.485. The lowest BCUT2D eigenvalue weighted by Crippen LogP contribution is -2.44. The molecule has 3 aromatic rings. The van der Waals surface area contributed by atoms with Crippen LogP contribution in [-0.4, -0.2) is 41.8 Å². The number of sulfonamides is 1. The highest BCUT2D eigenvalue weighted by Gasteiger charge is 2.29. The van der Waals surface area contributed by atoms with Gasteiger partial charge in [0.05, 0.1) is 16.6 Å². The molecule has 42 heavy (non-hydrogen) atoms. The Morgan fingerprint density at radius 2 is 1.74 bits per heavy atom. The smallest absolute Gasteiger partial charge is 0.264 e. The predicted octanol–water partition coefficient (Wildman–Crippen LogP) is 6.67. The Kier molecular flexibility index (Phi) is 9.16. The quantitative estimate of drug-likeness (QED) is 0.356. The number of aromatic nitrogens is 2. The molecule has 1 fully saturated rings. The number of nitrogens with one attached hydrogen (secondary N) is 1. The first-order valence-corrected chi connectivity index (χ1v) is 16.6. The van der Waals surface area contributed by atoms with Gasteiger partial charge in [0.1, 0.15) is 6.61 Å². The van der Waals surface area contributed by atoms with E-state index in [1.807, 2.05) is 43.0 Å². The summed E-state index contributed by atoms with van der Waals surface area (Å²) in [5.41, 5.74) is 4.25. The SMILES string of the molecule is Cc1cccc(C)c1-c1cc2nc(n1)NS(=O)(=O)c1cccc(c1)CN(C(=O)CC1CCCCC1)[C@H](CC(C)C)CO2. The molecule has 2 heterocycles. The van der Waals surface area contributed by atoms with Gasteiger partial charge in [-0.2, -0.15) is 4.98 Å². The predicted molar refractivity (Wildman–Crippen MR) is 165 cm³/mol. The Bertz CT molecular complexity index is 1510. The fourth-order valence-electron chi connectivity index (χ4n) is 6.27. The first-order valence-electron chi connectivity index (χ1n) is 15.1. The van der Waals surface area contributed by atoms with Gasteiger partial charge in [-0.1, -0.05) is 63.4 Å². The average Bonchev–Trinajstić information content (AvgIpc) is 2.94. The third-order valence-corrected chi connectivity index (χ3v) is 9.67. The molecule has 224 valence electrons. The molecule has 8 nitrogen and oxygen atoms in total. The van der Waals surface area contributed by atoms with E-state index in [-0.39, 0.29) is 35.3 Å². The van der Waals surface area contributed by atoms with E-state index < -0.39 is 10.0 Å². The third kappa shape index (κ3) is 7.12. The molecule has 1 N–H and O–H groups in total. The van der Waals surface area contributed by atoms with Crippen molar-refractivity contribution in [3.05, 3.63) is 65.2 Å². The number of carbonyl (C=O) groups is 1. The fourth-order valence-corrected chi connectivity index (χ4v) is 7.28. The van der Waals surface area contributed by atoms with Crippen molar-refractivity contribution in [3.63, 3.8) is 0 Å². The Morgan fingerprint density at radius 1 is 1.02 bits per heavy atom. The number of rotatable bonds is 5. The maximum atomic E-state index is 14.0. The minimum absolute atomic E-state index is 0.0551. The van der Waals surface area contributed by atoms with Gasteiger partial charge in [-0.05, 0) is 73.8 Å². The maximum absolute atomic E-state index is 14.0. The van der Waals surface area contributed by atoms with E-state index in [0.29, 0.717) is 30.5 Å². The number of benzene rings is 2. The second-order valence-corrected chi connectivity index (χ2v) is 13.9. The molecule has 1 aliphatic heterocycles. The number of aryl methyl sites for hydroxylation is 2. The molecule has 0 radical (unpaired) electrons. The van der Waals surface area contributed by atoms with Gasteiger partial charge < -0.3 is 9.64 Å². The Hall–Kier alpha value is -3.46. The number of fused-ring (bicyclic) bond motifs is 4. The molecular weight excluding hydrogens is 548 g/mol. The largest absolute Gasteiger partial charge is 0.475 e. The average molecular weight is 591 g/mol. The van der Waals surface area contributed by atoms with Crippen molar-refractivity contribution < 1.29 is 17.9 Å². The van der Waals surface area contributed by atoms with Crippen LogP contribution in [0.4, 0.5) is 5.95 Å². The van der Waals surface area contributed by atoms with Gasteiger partial charge in [-0.3, -0.25) is 4.79 Å². The van der Waals surface area contributed by atoms with Crippen molar-refractivity contribution in [1.82, 2.24) is 14.9 Å². The van der Waals surface area contributed by atoms with Crippen molar-refractivity contribution in [1.29, 1.82) is 0 Å². The number of carbonyl (C=O) groups excluding carboxylic acids is 1. The van der Waals surface area contributed by atoms with Crippen LogP contribution in [0.5, 0.6) is 5.88 Å². The van der Waals surface area contributed by atoms with Gasteiger partial charge in [-0.25, -0.2) is 18.1 Å². The molecule has 1 aromatic heterocycles. The van der Waals surface area contributed by atoms with E-state index in [0.717, 1.165) is 41.5 Å². The van der Waals surface area contributed by atoms with E-state index in [1.54, 1.807) is 24.3 Å². The molecule has 9 heteroatoms. The van der Waals surface area contributed by atoms with Gasteiger partial charge >= 0.3 is 0 Å². The topological polar surface area (TPSA) is 101 Å². The van der Waals surface area contributed by atoms with Crippen LogP contribution in [0.2, 0.25) is 0 Å². The van der Waals surface area contributed by atoms with Crippen LogP contribution in [0.15, 0.2) is 53.4 Å². The van der Waals surface area contributed by atoms with Gasteiger partial charge in [0.25, 0.3) is 10.0 Å². The van der Waals surface area contributed by atoms with E-state index in [9.17, 15) is 13.2 Å². The van der Waals surface area contributed by atoms with E-state index in [1.165, 1.54) is 19.3 Å². The van der Waals surface area contributed by atoms with Crippen LogP contribution in [-0.2, 0) is 21.4 Å². The Balaban J connectivity index is 1.59. The number of nitrogens with zero attached hydrogens (tertiary/aromatic N) is 3. The van der Waals surface area contributed by atoms with Crippen molar-refractivity contribution in [2.24, 2.45) is 11.8 Å². The number of ether oxygens (including phenoxy) is 1. The molecule has 0 unspecified atom stereocenters. The zero-order valence-corrected chi connectivity index (χ0v) is 25.9. The minimum atomic E-state index is -4.00. The van der Waals surface area contributed by atoms with E-state index in [4.69, 9.17) is 4.74 Å². The van der Waals surface area contributed by atoms with Crippen LogP contribution in [0.1, 0.15) is 75.5 Å². The molecule has 0 saturated heterocycles. The normalized spacial score (nSPS) is 19.2. The lowest BCUT2D eigenvalue weighted by atomic mass is 9.86. The highest BCUT2D eigenvalue weighted by molar-refractivity contribution is 7.92. The van der Waals surface area contributed by atoms with Crippen LogP contribution in [0.3, 0.4) is 0 Å². The summed E-state index contributed by atoms with van der Waals surface area (Å²) < 4.78 is 36.0. The lowest BCUT2D eigenvalue weighted by Gasteiger charge is -2.34. The molecule has 1 atom stereocenters. The molecule has 2 aliphatic rings. The summed E-state index contributed by atoms with van der Waals surface area (Å²) in [5, 5.41) is 0. The highest BCUT2D eigenvalue weighted by atomic mass is 32.2. The number of hydrogen-bond acceptors (Lipinski definition) is 6. The van der Waals surface area contributed by atoms with Crippen LogP contribution < -0.4 is 9.46 Å². The number of amides is 1. The summed E-state index contributed by atoms with van der Waals surface area (Å²) in [6.45, 7) is 8.83. The summed E-state index contributed by atoms with van der Waals surface area (Å²) in [6, 6.07) is 14.3. The standard InChI is InChI=1S/C33H42N4O4S/c1-22(2)16-27-21-41-30-19-29(32-23(3)10-8-11-24(32)4)34-33(35-30)36-42(39,40)28-15-9-14-26(17-28)20-37(27)31(38)18-25-12-6-5-7-13-25/h8-11,14-15,17,19,22,25,27H,5-7,12-13,16,18,20-21H2,1-4H3,(H,34,35,36)/t27-/m1/s1. The number of anilines is 1. The van der Waals surface area contributed by atoms with Crippen LogP contribution in [0, 0.1) is 25.7 Å². The third-order valence-electron chi connectivity index (χ3n) is 8.34. The molecule has 2 aromatic carbocycles. The Labute approximate surface area is 250 Å². The summed E-state index contributed by atoms with van der Waals surface area (Å²) in [6.07, 6.45) is 6.98. The van der Waals surface area contributed by atoms with Crippen molar-refractivity contribution in [3.8, 4) is 17.1 Å². The van der Waals surface area contributed by atoms with Crippen molar-refractivity contribution in [2.45, 2.75) is 90.1 Å². The van der Waals surface area contributed by atoms with Gasteiger partial charge in [-0.15, -0.1) is 0 Å². The van der Waals surface area contributed by atoms with Crippen molar-refractivity contribution >= 4 is 21.9 Å². The summed E-state index contributed by atoms with van der Waals surface area (Å²) >= 11 is 0. The van der Waals surface area contributed by atoms with Gasteiger partial charge in [0, 0.05) is 24.6 Å². The number of hydrogen-bond donors (Lipinski definition) is 1. The van der Waals surface area contributed by atoms with Crippen LogP contribution >= 0.6 is 0 Å². The molecular formula is C33H42N4O4S. The summed E-state index contributed by atoms with van der Waals surface area (Å²) in [7, 11) is -4.00. The first-order chi connectivity index (χ1) is 20.1. The van der Waals surface area contributed by atoms with Crippen LogP contribution in [0.25, 0.3) is 11.3 Å². The zero-order valence-electron chi connectivity index (χ0n) is 25.1. The second kappa shape index (κ2) is 12.8. The lowest BCUT2D eigenvalue weighted by molar-refractivity contribution is -0.136. The summed E-state index contributed by atoms with van der Waals surface area (Å²) in [5.74, 6) is 1.01. The molecule has 1 saturated carbocycles. The van der Waals surface area contributed by atoms with E-state index in [2.05, 4.69) is 28.5 Å². The minimum Gasteiger partial charge on any atom is -0.475 e. The molecule has 5 rings (SSSR count). The van der Waals surface area contributed by atoms with Gasteiger partial charge in [0.2, 0.25) is 17.7 Å². The van der Waals surface area contributed by atoms with E-state index >= 15 is 0 Å². The molecule has 4 bridgehead atoms. The highest BCUT2D eigenvalue weighted by Crippen LogP contribution is 2.31. The first kappa shape index (κ1) is 30.0. The second-order valence-electron chi connectivity index (χ2n) is 12.3. The zero-order chi connectivity index (χ0) is 29.9. The molecule has 1 amide bonds. The monoisotopic (exact) mass is 590 g/mol. The maximum Gasteiger partial charge on any atom is 0.264 e. The molecule has 1 aliphatic carbocycles. The van der Waals surface area contributed by atoms with Gasteiger partial charge in [0.15, 0.2) is 0 Å². The molecule has 0 spiro atoms.